The number of carbonyl (C=O) groups excluding carboxylic acids is 1. The van der Waals surface area contributed by atoms with Crippen molar-refractivity contribution in [2.75, 3.05) is 10.6 Å². The molecule has 28 heavy (non-hydrogen) atoms. The summed E-state index contributed by atoms with van der Waals surface area (Å²) in [6.45, 7) is 4.03. The summed E-state index contributed by atoms with van der Waals surface area (Å²) in [5, 5.41) is 15.9. The predicted molar refractivity (Wildman–Crippen MR) is 105 cm³/mol. The Kier molecular flexibility index (Phi) is 4.22. The number of hydrogen-bond donors (Lipinski definition) is 3. The van der Waals surface area contributed by atoms with Gasteiger partial charge >= 0.3 is 5.97 Å². The van der Waals surface area contributed by atoms with E-state index >= 15 is 0 Å². The third kappa shape index (κ3) is 3.15. The second-order valence-electron chi connectivity index (χ2n) is 8.12. The number of carboxylic acid groups (broad SMARTS) is 1. The minimum atomic E-state index is -1.03. The van der Waals surface area contributed by atoms with Crippen LogP contribution in [0.5, 0.6) is 0 Å². The van der Waals surface area contributed by atoms with Crippen molar-refractivity contribution in [2.45, 2.75) is 32.7 Å². The van der Waals surface area contributed by atoms with E-state index in [1.807, 2.05) is 13.8 Å². The van der Waals surface area contributed by atoms with Crippen molar-refractivity contribution in [2.24, 2.45) is 5.41 Å². The highest BCUT2D eigenvalue weighted by molar-refractivity contribution is 6.01. The maximum Gasteiger partial charge on any atom is 0.335 e. The van der Waals surface area contributed by atoms with Crippen LogP contribution in [0, 0.1) is 11.2 Å². The Balaban J connectivity index is 1.91. The van der Waals surface area contributed by atoms with E-state index in [4.69, 9.17) is 0 Å². The van der Waals surface area contributed by atoms with Gasteiger partial charge in [0.05, 0.1) is 23.0 Å². The Morgan fingerprint density at radius 2 is 1.89 bits per heavy atom. The number of anilines is 2. The number of ketones is 1. The van der Waals surface area contributed by atoms with E-state index in [0.717, 1.165) is 0 Å². The molecule has 2 aromatic carbocycles. The molecule has 2 aliphatic rings. The molecule has 0 aromatic heterocycles. The van der Waals surface area contributed by atoms with E-state index in [1.54, 1.807) is 24.3 Å². The molecule has 0 saturated heterocycles. The smallest absolute Gasteiger partial charge is 0.335 e. The van der Waals surface area contributed by atoms with E-state index in [0.29, 0.717) is 41.1 Å². The average molecular weight is 380 g/mol. The lowest BCUT2D eigenvalue weighted by Gasteiger charge is -2.34. The Labute approximate surface area is 162 Å². The fourth-order valence-corrected chi connectivity index (χ4v) is 4.02. The van der Waals surface area contributed by atoms with Crippen LogP contribution in [0.1, 0.15) is 48.7 Å². The summed E-state index contributed by atoms with van der Waals surface area (Å²) in [6, 6.07) is 10.4. The predicted octanol–water partition coefficient (Wildman–Crippen LogP) is 4.75. The highest BCUT2D eigenvalue weighted by Gasteiger charge is 2.39. The normalized spacial score (nSPS) is 20.4. The molecule has 144 valence electrons. The van der Waals surface area contributed by atoms with Crippen LogP contribution in [0.4, 0.5) is 15.8 Å². The Morgan fingerprint density at radius 1 is 1.14 bits per heavy atom. The third-order valence-electron chi connectivity index (χ3n) is 5.28. The first-order valence-electron chi connectivity index (χ1n) is 9.17. The van der Waals surface area contributed by atoms with Gasteiger partial charge in [-0.1, -0.05) is 32.0 Å². The largest absolute Gasteiger partial charge is 0.478 e. The van der Waals surface area contributed by atoms with E-state index in [1.165, 1.54) is 18.2 Å². The van der Waals surface area contributed by atoms with Crippen LogP contribution >= 0.6 is 0 Å². The number of nitrogens with one attached hydrogen (secondary N) is 2. The van der Waals surface area contributed by atoms with Crippen LogP contribution < -0.4 is 10.6 Å². The minimum Gasteiger partial charge on any atom is -0.478 e. The van der Waals surface area contributed by atoms with Crippen molar-refractivity contribution in [3.05, 3.63) is 70.7 Å². The van der Waals surface area contributed by atoms with Crippen molar-refractivity contribution < 1.29 is 19.1 Å². The Bertz CT molecular complexity index is 1030. The van der Waals surface area contributed by atoms with E-state index in [9.17, 15) is 19.1 Å². The van der Waals surface area contributed by atoms with Gasteiger partial charge in [-0.05, 0) is 36.1 Å². The summed E-state index contributed by atoms with van der Waals surface area (Å²) in [5.74, 6) is -1.46. The second kappa shape index (κ2) is 6.48. The lowest BCUT2D eigenvalue weighted by Crippen LogP contribution is -2.31. The summed E-state index contributed by atoms with van der Waals surface area (Å²) in [7, 11) is 0. The van der Waals surface area contributed by atoms with Gasteiger partial charge < -0.3 is 15.7 Å². The molecule has 6 heteroatoms. The number of halogens is 1. The van der Waals surface area contributed by atoms with Gasteiger partial charge in [0.25, 0.3) is 0 Å². The molecule has 1 unspecified atom stereocenters. The molecular weight excluding hydrogens is 359 g/mol. The first kappa shape index (κ1) is 18.2. The summed E-state index contributed by atoms with van der Waals surface area (Å²) in [6.07, 6.45) is 0.980. The van der Waals surface area contributed by atoms with Gasteiger partial charge in [-0.2, -0.15) is 0 Å². The van der Waals surface area contributed by atoms with Crippen molar-refractivity contribution in [1.82, 2.24) is 0 Å². The first-order valence-corrected chi connectivity index (χ1v) is 9.17. The highest BCUT2D eigenvalue weighted by atomic mass is 19.1. The van der Waals surface area contributed by atoms with Gasteiger partial charge in [-0.15, -0.1) is 0 Å². The van der Waals surface area contributed by atoms with Gasteiger partial charge in [0, 0.05) is 23.3 Å². The van der Waals surface area contributed by atoms with Gasteiger partial charge in [0.15, 0.2) is 5.78 Å². The number of benzene rings is 2. The second-order valence-corrected chi connectivity index (χ2v) is 8.12. The molecule has 1 aliphatic heterocycles. The van der Waals surface area contributed by atoms with Crippen LogP contribution in [0.2, 0.25) is 0 Å². The monoisotopic (exact) mass is 380 g/mol. The van der Waals surface area contributed by atoms with Crippen LogP contribution in [0.25, 0.3) is 0 Å². The minimum absolute atomic E-state index is 0.0363. The summed E-state index contributed by atoms with van der Waals surface area (Å²) < 4.78 is 14.6. The zero-order chi connectivity index (χ0) is 20.1. The lowest BCUT2D eigenvalue weighted by molar-refractivity contribution is -0.118. The molecule has 1 heterocycles. The van der Waals surface area contributed by atoms with Gasteiger partial charge in [0.2, 0.25) is 0 Å². The molecule has 2 aromatic rings. The van der Waals surface area contributed by atoms with Crippen LogP contribution in [-0.2, 0) is 4.79 Å². The summed E-state index contributed by atoms with van der Waals surface area (Å²) >= 11 is 0. The lowest BCUT2D eigenvalue weighted by atomic mass is 9.73. The van der Waals surface area contributed by atoms with Crippen LogP contribution in [0.3, 0.4) is 0 Å². The maximum absolute atomic E-state index is 14.6. The number of allylic oxidation sites excluding steroid dienone is 1. The van der Waals surface area contributed by atoms with E-state index in [-0.39, 0.29) is 16.8 Å². The van der Waals surface area contributed by atoms with Crippen molar-refractivity contribution in [1.29, 1.82) is 0 Å². The molecule has 0 amide bonds. The summed E-state index contributed by atoms with van der Waals surface area (Å²) in [5.41, 5.74) is 2.70. The number of fused-ring (bicyclic) bond motifs is 1. The number of rotatable bonds is 2. The Morgan fingerprint density at radius 3 is 2.61 bits per heavy atom. The van der Waals surface area contributed by atoms with Gasteiger partial charge in [-0.25, -0.2) is 9.18 Å². The number of Topliss-reactive ketones (excluding diaryl/α,β-unsaturated/α-hetero) is 1. The van der Waals surface area contributed by atoms with E-state index in [2.05, 4.69) is 10.6 Å². The van der Waals surface area contributed by atoms with Crippen molar-refractivity contribution in [3.63, 3.8) is 0 Å². The number of carboxylic acids is 1. The molecule has 5 nitrogen and oxygen atoms in total. The Hall–Kier alpha value is -3.15. The molecule has 1 aliphatic carbocycles. The maximum atomic E-state index is 14.6. The van der Waals surface area contributed by atoms with E-state index < -0.39 is 17.8 Å². The molecule has 0 spiro atoms. The fourth-order valence-electron chi connectivity index (χ4n) is 4.02. The van der Waals surface area contributed by atoms with Crippen LogP contribution in [-0.4, -0.2) is 16.9 Å². The third-order valence-corrected chi connectivity index (χ3v) is 5.28. The molecule has 0 bridgehead atoms. The van der Waals surface area contributed by atoms with Gasteiger partial charge in [-0.3, -0.25) is 4.79 Å². The van der Waals surface area contributed by atoms with Gasteiger partial charge in [0.1, 0.15) is 5.82 Å². The number of carbonyl (C=O) groups is 2. The number of hydrogen-bond acceptors (Lipinski definition) is 4. The van der Waals surface area contributed by atoms with Crippen molar-refractivity contribution >= 4 is 23.1 Å². The highest BCUT2D eigenvalue weighted by Crippen LogP contribution is 2.45. The van der Waals surface area contributed by atoms with Crippen molar-refractivity contribution in [3.8, 4) is 0 Å². The molecule has 0 radical (unpaired) electrons. The SMILES string of the molecule is CC1(C)CC(=O)C2=C(C1)Nc1cc(C(=O)O)ccc1NC2c1ccccc1F. The average Bonchev–Trinajstić information content (AvgIpc) is 2.76. The zero-order valence-corrected chi connectivity index (χ0v) is 15.7. The van der Waals surface area contributed by atoms with Crippen LogP contribution in [0.15, 0.2) is 53.7 Å². The summed E-state index contributed by atoms with van der Waals surface area (Å²) in [4.78, 5) is 24.4. The molecule has 0 saturated carbocycles. The quantitative estimate of drug-likeness (QED) is 0.701. The molecule has 3 N–H and O–H groups in total. The zero-order valence-electron chi connectivity index (χ0n) is 15.7. The molecule has 1 atom stereocenters. The first-order chi connectivity index (χ1) is 13.2. The molecule has 0 fully saturated rings. The molecule has 4 rings (SSSR count). The number of aromatic carboxylic acids is 1. The standard InChI is InChI=1S/C22H21FN2O3/c1-22(2)10-17-19(18(26)11-22)20(13-5-3-4-6-14(13)23)25-15-8-7-12(21(27)28)9-16(15)24-17/h3-9,20,24-25H,10-11H2,1-2H3,(H,27,28). The molecular formula is C22H21FN2O3. The fraction of sp³-hybridized carbons (Fsp3) is 0.273. The topological polar surface area (TPSA) is 78.4 Å².